The van der Waals surface area contributed by atoms with E-state index in [1.165, 1.54) is 11.3 Å². The van der Waals surface area contributed by atoms with Gasteiger partial charge in [-0.25, -0.2) is 0 Å². The molecule has 0 bridgehead atoms. The van der Waals surface area contributed by atoms with E-state index in [1.807, 2.05) is 7.05 Å². The quantitative estimate of drug-likeness (QED) is 0.796. The van der Waals surface area contributed by atoms with Crippen LogP contribution in [0.25, 0.3) is 0 Å². The molecule has 0 saturated carbocycles. The molecule has 0 aromatic heterocycles. The minimum absolute atomic E-state index is 0.0775. The van der Waals surface area contributed by atoms with Crippen molar-refractivity contribution in [1.29, 1.82) is 0 Å². The first-order valence-electron chi connectivity index (χ1n) is 5.97. The molecule has 90 valence electrons. The Kier molecular flexibility index (Phi) is 4.36. The first kappa shape index (κ1) is 13.0. The lowest BCUT2D eigenvalue weighted by molar-refractivity contribution is 0.530. The van der Waals surface area contributed by atoms with E-state index in [0.717, 1.165) is 6.54 Å². The molecule has 16 heavy (non-hydrogen) atoms. The summed E-state index contributed by atoms with van der Waals surface area (Å²) < 4.78 is 0. The average Bonchev–Trinajstić information content (AvgIpc) is 2.17. The Labute approximate surface area is 99.5 Å². The Morgan fingerprint density at radius 1 is 1.12 bits per heavy atom. The van der Waals surface area contributed by atoms with Gasteiger partial charge >= 0.3 is 0 Å². The molecule has 2 N–H and O–H groups in total. The van der Waals surface area contributed by atoms with Crippen LogP contribution in [0.15, 0.2) is 24.3 Å². The van der Waals surface area contributed by atoms with Gasteiger partial charge in [0.15, 0.2) is 0 Å². The highest BCUT2D eigenvalue weighted by Crippen LogP contribution is 2.19. The monoisotopic (exact) mass is 220 g/mol. The molecule has 2 nitrogen and oxygen atoms in total. The highest BCUT2D eigenvalue weighted by atomic mass is 15.0. The summed E-state index contributed by atoms with van der Waals surface area (Å²) >= 11 is 0. The van der Waals surface area contributed by atoms with Crippen molar-refractivity contribution in [2.45, 2.75) is 39.2 Å². The Morgan fingerprint density at radius 2 is 1.69 bits per heavy atom. The van der Waals surface area contributed by atoms with Gasteiger partial charge in [0.25, 0.3) is 0 Å². The van der Waals surface area contributed by atoms with E-state index in [0.29, 0.717) is 5.92 Å². The molecule has 0 unspecified atom stereocenters. The summed E-state index contributed by atoms with van der Waals surface area (Å²) in [7, 11) is 1.98. The van der Waals surface area contributed by atoms with E-state index in [1.54, 1.807) is 0 Å². The predicted molar refractivity (Wildman–Crippen MR) is 72.2 cm³/mol. The Morgan fingerprint density at radius 3 is 2.12 bits per heavy atom. The number of rotatable bonds is 5. The zero-order valence-corrected chi connectivity index (χ0v) is 11.1. The van der Waals surface area contributed by atoms with Gasteiger partial charge in [-0.2, -0.15) is 0 Å². The number of nitrogens with one attached hydrogen (secondary N) is 2. The van der Waals surface area contributed by atoms with Crippen molar-refractivity contribution in [3.8, 4) is 0 Å². The first-order chi connectivity index (χ1) is 7.44. The minimum Gasteiger partial charge on any atom is -0.379 e. The van der Waals surface area contributed by atoms with Gasteiger partial charge in [-0.3, -0.25) is 0 Å². The molecular formula is C14H24N2. The number of hydrogen-bond acceptors (Lipinski definition) is 2. The zero-order chi connectivity index (χ0) is 12.2. The first-order valence-corrected chi connectivity index (χ1v) is 5.97. The van der Waals surface area contributed by atoms with Crippen LogP contribution in [-0.2, 0) is 0 Å². The van der Waals surface area contributed by atoms with Gasteiger partial charge in [0.2, 0.25) is 0 Å². The van der Waals surface area contributed by atoms with Crippen molar-refractivity contribution >= 4 is 5.69 Å². The molecule has 0 aliphatic heterocycles. The van der Waals surface area contributed by atoms with E-state index >= 15 is 0 Å². The molecule has 1 aromatic carbocycles. The predicted octanol–water partition coefficient (Wildman–Crippen LogP) is 3.22. The zero-order valence-electron chi connectivity index (χ0n) is 11.1. The third-order valence-electron chi connectivity index (χ3n) is 2.68. The van der Waals surface area contributed by atoms with Crippen LogP contribution in [0.5, 0.6) is 0 Å². The van der Waals surface area contributed by atoms with Crippen LogP contribution in [0, 0.1) is 0 Å². The summed E-state index contributed by atoms with van der Waals surface area (Å²) in [6.07, 6.45) is 0. The number of anilines is 1. The van der Waals surface area contributed by atoms with Gasteiger partial charge in [-0.1, -0.05) is 26.0 Å². The molecule has 0 atom stereocenters. The second-order valence-corrected chi connectivity index (χ2v) is 5.32. The van der Waals surface area contributed by atoms with Crippen LogP contribution >= 0.6 is 0 Å². The summed E-state index contributed by atoms with van der Waals surface area (Å²) in [5.41, 5.74) is 2.65. The fourth-order valence-corrected chi connectivity index (χ4v) is 1.83. The van der Waals surface area contributed by atoms with Crippen LogP contribution in [0.3, 0.4) is 0 Å². The van der Waals surface area contributed by atoms with E-state index in [2.05, 4.69) is 62.6 Å². The summed E-state index contributed by atoms with van der Waals surface area (Å²) in [6, 6.07) is 8.71. The van der Waals surface area contributed by atoms with E-state index < -0.39 is 0 Å². The van der Waals surface area contributed by atoms with Crippen molar-refractivity contribution in [2.75, 3.05) is 18.9 Å². The molecule has 0 spiro atoms. The Balaban J connectivity index is 2.68. The minimum atomic E-state index is 0.0775. The summed E-state index contributed by atoms with van der Waals surface area (Å²) in [5.74, 6) is 0.597. The second-order valence-electron chi connectivity index (χ2n) is 5.32. The number of likely N-dealkylation sites (N-methyl/N-ethyl adjacent to an activating group) is 1. The van der Waals surface area contributed by atoms with E-state index in [9.17, 15) is 0 Å². The largest absolute Gasteiger partial charge is 0.379 e. The van der Waals surface area contributed by atoms with Crippen molar-refractivity contribution in [3.63, 3.8) is 0 Å². The van der Waals surface area contributed by atoms with Gasteiger partial charge in [0.1, 0.15) is 0 Å². The molecule has 1 aromatic rings. The van der Waals surface area contributed by atoms with Crippen molar-refractivity contribution in [1.82, 2.24) is 5.32 Å². The average molecular weight is 220 g/mol. The highest BCUT2D eigenvalue weighted by molar-refractivity contribution is 5.47. The van der Waals surface area contributed by atoms with Gasteiger partial charge in [-0.05, 0) is 44.5 Å². The topological polar surface area (TPSA) is 24.1 Å². The number of benzene rings is 1. The van der Waals surface area contributed by atoms with Gasteiger partial charge in [-0.15, -0.1) is 0 Å². The van der Waals surface area contributed by atoms with Crippen molar-refractivity contribution in [3.05, 3.63) is 29.8 Å². The van der Waals surface area contributed by atoms with E-state index in [4.69, 9.17) is 0 Å². The maximum atomic E-state index is 3.52. The lowest BCUT2D eigenvalue weighted by Gasteiger charge is -2.27. The van der Waals surface area contributed by atoms with Gasteiger partial charge in [0, 0.05) is 17.8 Å². The smallest absolute Gasteiger partial charge is 0.0441 e. The fourth-order valence-electron chi connectivity index (χ4n) is 1.83. The van der Waals surface area contributed by atoms with Crippen LogP contribution in [0.1, 0.15) is 39.2 Å². The SMILES string of the molecule is CNCC(C)(C)Nc1ccc(C(C)C)cc1. The summed E-state index contributed by atoms with van der Waals surface area (Å²) in [5, 5.41) is 6.72. The van der Waals surface area contributed by atoms with Gasteiger partial charge in [0.05, 0.1) is 0 Å². The molecule has 0 saturated heterocycles. The van der Waals surface area contributed by atoms with Crippen LogP contribution in [0.4, 0.5) is 5.69 Å². The molecule has 0 aliphatic rings. The van der Waals surface area contributed by atoms with E-state index in [-0.39, 0.29) is 5.54 Å². The van der Waals surface area contributed by atoms with Crippen molar-refractivity contribution in [2.24, 2.45) is 0 Å². The highest BCUT2D eigenvalue weighted by Gasteiger charge is 2.15. The normalized spacial score (nSPS) is 11.9. The molecule has 0 fully saturated rings. The Hall–Kier alpha value is -1.02. The second kappa shape index (κ2) is 5.35. The van der Waals surface area contributed by atoms with Crippen LogP contribution < -0.4 is 10.6 Å². The number of hydrogen-bond donors (Lipinski definition) is 2. The van der Waals surface area contributed by atoms with Crippen LogP contribution in [0.2, 0.25) is 0 Å². The lowest BCUT2D eigenvalue weighted by Crippen LogP contribution is -2.40. The molecule has 2 heteroatoms. The molecule has 0 aliphatic carbocycles. The maximum Gasteiger partial charge on any atom is 0.0441 e. The van der Waals surface area contributed by atoms with Crippen LogP contribution in [-0.4, -0.2) is 19.1 Å². The standard InChI is InChI=1S/C14H24N2/c1-11(2)12-6-8-13(9-7-12)16-14(3,4)10-15-5/h6-9,11,15-16H,10H2,1-5H3. The summed E-state index contributed by atoms with van der Waals surface area (Å²) in [4.78, 5) is 0. The molecular weight excluding hydrogens is 196 g/mol. The lowest BCUT2D eigenvalue weighted by atomic mass is 10.0. The fraction of sp³-hybridized carbons (Fsp3) is 0.571. The molecule has 0 amide bonds. The summed E-state index contributed by atoms with van der Waals surface area (Å²) in [6.45, 7) is 9.76. The Bertz CT molecular complexity index is 312. The molecule has 0 radical (unpaired) electrons. The van der Waals surface area contributed by atoms with Crippen molar-refractivity contribution < 1.29 is 0 Å². The third kappa shape index (κ3) is 3.86. The van der Waals surface area contributed by atoms with Gasteiger partial charge < -0.3 is 10.6 Å². The molecule has 0 heterocycles. The molecule has 1 rings (SSSR count). The third-order valence-corrected chi connectivity index (χ3v) is 2.68. The maximum absolute atomic E-state index is 3.52.